The summed E-state index contributed by atoms with van der Waals surface area (Å²) < 4.78 is 0. The van der Waals surface area contributed by atoms with E-state index in [1.807, 2.05) is 31.2 Å². The highest BCUT2D eigenvalue weighted by molar-refractivity contribution is 6.04. The van der Waals surface area contributed by atoms with Gasteiger partial charge < -0.3 is 15.5 Å². The Hall–Kier alpha value is -3.73. The van der Waals surface area contributed by atoms with Gasteiger partial charge in [-0.25, -0.2) is 9.97 Å². The van der Waals surface area contributed by atoms with Crippen molar-refractivity contribution in [3.05, 3.63) is 82.2 Å². The number of nitrogens with zero attached hydrogens (tertiary/aromatic N) is 4. The number of carbonyl (C=O) groups is 1. The van der Waals surface area contributed by atoms with Crippen LogP contribution in [-0.2, 0) is 6.42 Å². The molecular formula is C31H34N6O. The molecule has 2 heterocycles. The molecule has 0 spiro atoms. The second kappa shape index (κ2) is 10.6. The lowest BCUT2D eigenvalue weighted by atomic mass is 10.0. The third-order valence-corrected chi connectivity index (χ3v) is 7.83. The molecule has 1 saturated heterocycles. The van der Waals surface area contributed by atoms with Gasteiger partial charge in [0.05, 0.1) is 5.56 Å². The Balaban J connectivity index is 1.12. The minimum absolute atomic E-state index is 0.0919. The van der Waals surface area contributed by atoms with E-state index in [2.05, 4.69) is 61.4 Å². The van der Waals surface area contributed by atoms with E-state index in [4.69, 9.17) is 0 Å². The SMILES string of the molecule is Cc1ccc(NC(=O)c2ccc3c(c2)CCC3N2CCN(C)CC2)cc1C#Cc1cnc(NC2CC2)nc1. The summed E-state index contributed by atoms with van der Waals surface area (Å²) in [5, 5.41) is 6.35. The van der Waals surface area contributed by atoms with Gasteiger partial charge in [-0.2, -0.15) is 0 Å². The van der Waals surface area contributed by atoms with Crippen molar-refractivity contribution in [1.29, 1.82) is 0 Å². The normalized spacial score (nSPS) is 19.4. The molecule has 1 amide bonds. The lowest BCUT2D eigenvalue weighted by molar-refractivity contribution is 0.102. The first-order valence-electron chi connectivity index (χ1n) is 13.6. The summed E-state index contributed by atoms with van der Waals surface area (Å²) in [7, 11) is 2.19. The fourth-order valence-electron chi connectivity index (χ4n) is 5.30. The molecule has 38 heavy (non-hydrogen) atoms. The Bertz CT molecular complexity index is 1390. The van der Waals surface area contributed by atoms with E-state index in [0.717, 1.165) is 61.4 Å². The Morgan fingerprint density at radius 3 is 2.53 bits per heavy atom. The molecule has 1 unspecified atom stereocenters. The highest BCUT2D eigenvalue weighted by Crippen LogP contribution is 2.36. The van der Waals surface area contributed by atoms with Crippen LogP contribution in [0.1, 0.15) is 63.5 Å². The number of rotatable bonds is 5. The van der Waals surface area contributed by atoms with E-state index in [1.54, 1.807) is 12.4 Å². The van der Waals surface area contributed by atoms with E-state index in [9.17, 15) is 4.79 Å². The van der Waals surface area contributed by atoms with Gasteiger partial charge in [0.2, 0.25) is 5.95 Å². The van der Waals surface area contributed by atoms with Crippen molar-refractivity contribution in [2.24, 2.45) is 0 Å². The van der Waals surface area contributed by atoms with Crippen LogP contribution < -0.4 is 10.6 Å². The average molecular weight is 507 g/mol. The molecule has 7 heteroatoms. The monoisotopic (exact) mass is 506 g/mol. The van der Waals surface area contributed by atoms with E-state index < -0.39 is 0 Å². The van der Waals surface area contributed by atoms with Crippen LogP contribution in [0.5, 0.6) is 0 Å². The fraction of sp³-hybridized carbons (Fsp3) is 0.387. The van der Waals surface area contributed by atoms with Crippen molar-refractivity contribution >= 4 is 17.5 Å². The molecule has 2 aliphatic carbocycles. The van der Waals surface area contributed by atoms with Gasteiger partial charge in [-0.1, -0.05) is 24.0 Å². The summed E-state index contributed by atoms with van der Waals surface area (Å²) in [4.78, 5) is 26.8. The number of fused-ring (bicyclic) bond motifs is 1. The number of piperazine rings is 1. The first-order chi connectivity index (χ1) is 18.5. The maximum Gasteiger partial charge on any atom is 0.255 e. The molecule has 2 aromatic carbocycles. The summed E-state index contributed by atoms with van der Waals surface area (Å²) in [5.41, 5.74) is 6.81. The molecule has 2 fully saturated rings. The van der Waals surface area contributed by atoms with Gasteiger partial charge in [-0.3, -0.25) is 9.69 Å². The van der Waals surface area contributed by atoms with Gasteiger partial charge in [-0.05, 0) is 80.6 Å². The van der Waals surface area contributed by atoms with Crippen LogP contribution >= 0.6 is 0 Å². The predicted octanol–water partition coefficient (Wildman–Crippen LogP) is 4.25. The zero-order valence-corrected chi connectivity index (χ0v) is 22.1. The Morgan fingerprint density at radius 2 is 1.76 bits per heavy atom. The van der Waals surface area contributed by atoms with E-state index in [-0.39, 0.29) is 5.91 Å². The van der Waals surface area contributed by atoms with Crippen LogP contribution in [0.3, 0.4) is 0 Å². The highest BCUT2D eigenvalue weighted by atomic mass is 16.1. The molecule has 0 bridgehead atoms. The van der Waals surface area contributed by atoms with Crippen molar-refractivity contribution in [3.63, 3.8) is 0 Å². The van der Waals surface area contributed by atoms with Crippen LogP contribution in [0, 0.1) is 18.8 Å². The predicted molar refractivity (Wildman–Crippen MR) is 150 cm³/mol. The van der Waals surface area contributed by atoms with Crippen molar-refractivity contribution < 1.29 is 4.79 Å². The Kier molecular flexibility index (Phi) is 6.84. The molecule has 3 aliphatic rings. The largest absolute Gasteiger partial charge is 0.351 e. The molecule has 1 saturated carbocycles. The van der Waals surface area contributed by atoms with Gasteiger partial charge >= 0.3 is 0 Å². The maximum absolute atomic E-state index is 13.1. The molecule has 3 aromatic rings. The quantitative estimate of drug-likeness (QED) is 0.504. The smallest absolute Gasteiger partial charge is 0.255 e. The molecule has 1 atom stereocenters. The van der Waals surface area contributed by atoms with E-state index in [0.29, 0.717) is 23.6 Å². The molecule has 7 nitrogen and oxygen atoms in total. The zero-order valence-electron chi connectivity index (χ0n) is 22.1. The zero-order chi connectivity index (χ0) is 26.1. The summed E-state index contributed by atoms with van der Waals surface area (Å²) in [6.45, 7) is 6.47. The topological polar surface area (TPSA) is 73.4 Å². The van der Waals surface area contributed by atoms with Crippen LogP contribution in [0.2, 0.25) is 0 Å². The second-order valence-corrected chi connectivity index (χ2v) is 10.8. The number of anilines is 2. The van der Waals surface area contributed by atoms with Gasteiger partial charge in [0.25, 0.3) is 5.91 Å². The van der Waals surface area contributed by atoms with Crippen LogP contribution in [0.15, 0.2) is 48.8 Å². The number of amides is 1. The highest BCUT2D eigenvalue weighted by Gasteiger charge is 2.30. The number of hydrogen-bond donors (Lipinski definition) is 2. The van der Waals surface area contributed by atoms with Gasteiger partial charge in [0.1, 0.15) is 0 Å². The number of carbonyl (C=O) groups excluding carboxylic acids is 1. The van der Waals surface area contributed by atoms with Crippen LogP contribution in [0.4, 0.5) is 11.6 Å². The third-order valence-electron chi connectivity index (χ3n) is 7.83. The number of aromatic nitrogens is 2. The first kappa shape index (κ1) is 24.6. The Labute approximate surface area is 224 Å². The number of nitrogens with one attached hydrogen (secondary N) is 2. The summed E-state index contributed by atoms with van der Waals surface area (Å²) >= 11 is 0. The molecule has 6 rings (SSSR count). The van der Waals surface area contributed by atoms with E-state index >= 15 is 0 Å². The van der Waals surface area contributed by atoms with Crippen LogP contribution in [-0.4, -0.2) is 64.9 Å². The Morgan fingerprint density at radius 1 is 0.974 bits per heavy atom. The van der Waals surface area contributed by atoms with Gasteiger partial charge in [-0.15, -0.1) is 0 Å². The second-order valence-electron chi connectivity index (χ2n) is 10.8. The third kappa shape index (κ3) is 5.57. The van der Waals surface area contributed by atoms with Crippen molar-refractivity contribution in [1.82, 2.24) is 19.8 Å². The summed E-state index contributed by atoms with van der Waals surface area (Å²) in [5.74, 6) is 6.93. The first-order valence-corrected chi connectivity index (χ1v) is 13.6. The van der Waals surface area contributed by atoms with Crippen molar-refractivity contribution in [3.8, 4) is 11.8 Å². The number of hydrogen-bond acceptors (Lipinski definition) is 6. The standard InChI is InChI=1S/C31H34N6O/c1-21-3-8-27(18-23(21)5-4-22-19-32-31(33-20-22)35-26-9-10-26)34-30(38)25-6-11-28-24(17-25)7-12-29(28)37-15-13-36(2)14-16-37/h3,6,8,11,17-20,26,29H,7,9-10,12-16H2,1-2H3,(H,34,38)(H,32,33,35). The van der Waals surface area contributed by atoms with Crippen molar-refractivity contribution in [2.75, 3.05) is 43.9 Å². The van der Waals surface area contributed by atoms with Gasteiger partial charge in [0, 0.05) is 67.5 Å². The van der Waals surface area contributed by atoms with E-state index in [1.165, 1.54) is 24.0 Å². The molecule has 1 aliphatic heterocycles. The number of likely N-dealkylation sites (N-methyl/N-ethyl adjacent to an activating group) is 1. The number of aryl methyl sites for hydroxylation is 2. The molecule has 194 valence electrons. The fourth-order valence-corrected chi connectivity index (χ4v) is 5.30. The van der Waals surface area contributed by atoms with Crippen molar-refractivity contribution in [2.45, 2.75) is 44.7 Å². The molecule has 0 radical (unpaired) electrons. The number of benzene rings is 2. The molecular weight excluding hydrogens is 472 g/mol. The summed E-state index contributed by atoms with van der Waals surface area (Å²) in [6.07, 6.45) is 8.01. The average Bonchev–Trinajstić information content (AvgIpc) is 3.65. The molecule has 1 aromatic heterocycles. The van der Waals surface area contributed by atoms with Gasteiger partial charge in [0.15, 0.2) is 0 Å². The minimum atomic E-state index is -0.0919. The maximum atomic E-state index is 13.1. The summed E-state index contributed by atoms with van der Waals surface area (Å²) in [6, 6.07) is 13.1. The molecule has 2 N–H and O–H groups in total. The lowest BCUT2D eigenvalue weighted by Crippen LogP contribution is -2.45. The van der Waals surface area contributed by atoms with Crippen LogP contribution in [0.25, 0.3) is 0 Å². The minimum Gasteiger partial charge on any atom is -0.351 e. The lowest BCUT2D eigenvalue weighted by Gasteiger charge is -2.36.